The molecule has 1 fully saturated rings. The van der Waals surface area contributed by atoms with Crippen LogP contribution in [0.4, 0.5) is 0 Å². The number of hydrogen-bond acceptors (Lipinski definition) is 3. The van der Waals surface area contributed by atoms with Gasteiger partial charge >= 0.3 is 0 Å². The number of ether oxygens (including phenoxy) is 1. The van der Waals surface area contributed by atoms with E-state index in [0.717, 1.165) is 22.0 Å². The fourth-order valence-corrected chi connectivity index (χ4v) is 5.14. The number of fused-ring (bicyclic) bond motifs is 1. The molecule has 3 rings (SSSR count). The van der Waals surface area contributed by atoms with Crippen LogP contribution in [0.1, 0.15) is 45.2 Å². The van der Waals surface area contributed by atoms with Crippen LogP contribution in [0, 0.1) is 11.3 Å². The zero-order valence-electron chi connectivity index (χ0n) is 12.1. The molecule has 0 saturated heterocycles. The molecule has 4 heteroatoms. The summed E-state index contributed by atoms with van der Waals surface area (Å²) in [6.45, 7) is 5.56. The first-order valence-electron chi connectivity index (χ1n) is 7.42. The maximum atomic E-state index is 6.08. The fourth-order valence-electron chi connectivity index (χ4n) is 3.55. The fraction of sp³-hybridized carbons (Fsp3) is 0.688. The van der Waals surface area contributed by atoms with E-state index < -0.39 is 0 Å². The van der Waals surface area contributed by atoms with Crippen molar-refractivity contribution in [3.63, 3.8) is 0 Å². The summed E-state index contributed by atoms with van der Waals surface area (Å²) in [4.78, 5) is 4.30. The second kappa shape index (κ2) is 6.05. The largest absolute Gasteiger partial charge is 0.372 e. The highest BCUT2D eigenvalue weighted by Crippen LogP contribution is 2.52. The van der Waals surface area contributed by atoms with Crippen molar-refractivity contribution in [2.24, 2.45) is 11.3 Å². The summed E-state index contributed by atoms with van der Waals surface area (Å²) in [6.07, 6.45) is 7.68. The molecular formula is C16H22INOS. The van der Waals surface area contributed by atoms with E-state index in [-0.39, 0.29) is 0 Å². The SMILES string of the molecule is CC1C(I)CC=C2C[C@@H](OCc3cscn3)CC[C@@]21C. The summed E-state index contributed by atoms with van der Waals surface area (Å²) >= 11 is 4.27. The molecule has 1 aromatic rings. The Kier molecular flexibility index (Phi) is 4.53. The van der Waals surface area contributed by atoms with Crippen molar-refractivity contribution in [2.75, 3.05) is 0 Å². The van der Waals surface area contributed by atoms with Crippen LogP contribution < -0.4 is 0 Å². The average molecular weight is 403 g/mol. The maximum absolute atomic E-state index is 6.08. The first-order valence-corrected chi connectivity index (χ1v) is 9.60. The molecule has 0 aliphatic heterocycles. The first kappa shape index (κ1) is 15.0. The molecule has 20 heavy (non-hydrogen) atoms. The molecule has 2 aliphatic rings. The third-order valence-electron chi connectivity index (χ3n) is 5.25. The van der Waals surface area contributed by atoms with Gasteiger partial charge in [-0.15, -0.1) is 11.3 Å². The van der Waals surface area contributed by atoms with E-state index in [1.54, 1.807) is 16.9 Å². The summed E-state index contributed by atoms with van der Waals surface area (Å²) < 4.78 is 6.87. The molecule has 2 nitrogen and oxygen atoms in total. The molecule has 110 valence electrons. The highest BCUT2D eigenvalue weighted by Gasteiger charge is 2.44. The summed E-state index contributed by atoms with van der Waals surface area (Å²) in [6, 6.07) is 0. The second-order valence-electron chi connectivity index (χ2n) is 6.34. The summed E-state index contributed by atoms with van der Waals surface area (Å²) in [5, 5.41) is 2.08. The molecule has 0 N–H and O–H groups in total. The van der Waals surface area contributed by atoms with Crippen molar-refractivity contribution in [1.82, 2.24) is 4.98 Å². The topological polar surface area (TPSA) is 22.1 Å². The van der Waals surface area contributed by atoms with Gasteiger partial charge in [0.25, 0.3) is 0 Å². The lowest BCUT2D eigenvalue weighted by Gasteiger charge is -2.48. The Labute approximate surface area is 139 Å². The summed E-state index contributed by atoms with van der Waals surface area (Å²) in [5.41, 5.74) is 5.00. The number of nitrogens with zero attached hydrogens (tertiary/aromatic N) is 1. The molecule has 0 radical (unpaired) electrons. The van der Waals surface area contributed by atoms with Crippen LogP contribution in [0.5, 0.6) is 0 Å². The van der Waals surface area contributed by atoms with Crippen molar-refractivity contribution in [3.05, 3.63) is 28.2 Å². The average Bonchev–Trinajstić information content (AvgIpc) is 2.96. The quantitative estimate of drug-likeness (QED) is 0.403. The second-order valence-corrected chi connectivity index (χ2v) is 8.66. The van der Waals surface area contributed by atoms with E-state index in [0.29, 0.717) is 18.1 Å². The van der Waals surface area contributed by atoms with Crippen LogP contribution >= 0.6 is 33.9 Å². The minimum Gasteiger partial charge on any atom is -0.372 e. The van der Waals surface area contributed by atoms with E-state index in [2.05, 4.69) is 52.9 Å². The van der Waals surface area contributed by atoms with Gasteiger partial charge in [0.2, 0.25) is 0 Å². The standard InChI is InChI=1S/C16H22INOS/c1-11-15(17)4-3-12-7-14(5-6-16(11,12)2)19-8-13-9-20-10-18-13/h3,9-11,14-15H,4-8H2,1-2H3/t11?,14-,15?,16+/m0/s1. The van der Waals surface area contributed by atoms with Crippen molar-refractivity contribution < 1.29 is 4.74 Å². The predicted molar refractivity (Wildman–Crippen MR) is 92.3 cm³/mol. The third kappa shape index (κ3) is 2.83. The molecule has 0 bridgehead atoms. The third-order valence-corrected chi connectivity index (χ3v) is 7.48. The Morgan fingerprint density at radius 1 is 1.55 bits per heavy atom. The van der Waals surface area contributed by atoms with Crippen molar-refractivity contribution in [1.29, 1.82) is 0 Å². The van der Waals surface area contributed by atoms with Crippen LogP contribution in [0.2, 0.25) is 0 Å². The highest BCUT2D eigenvalue weighted by molar-refractivity contribution is 14.1. The van der Waals surface area contributed by atoms with E-state index in [4.69, 9.17) is 4.74 Å². The van der Waals surface area contributed by atoms with Crippen molar-refractivity contribution in [3.8, 4) is 0 Å². The number of aromatic nitrogens is 1. The molecule has 2 aliphatic carbocycles. The van der Waals surface area contributed by atoms with E-state index in [1.807, 2.05) is 5.51 Å². The van der Waals surface area contributed by atoms with Gasteiger partial charge in [0.05, 0.1) is 23.9 Å². The van der Waals surface area contributed by atoms with E-state index >= 15 is 0 Å². The molecule has 1 heterocycles. The lowest BCUT2D eigenvalue weighted by molar-refractivity contribution is 0.000890. The molecule has 1 aromatic heterocycles. The lowest BCUT2D eigenvalue weighted by atomic mass is 9.60. The number of halogens is 1. The number of thiazole rings is 1. The van der Waals surface area contributed by atoms with E-state index in [1.165, 1.54) is 19.3 Å². The lowest BCUT2D eigenvalue weighted by Crippen LogP contribution is -2.41. The van der Waals surface area contributed by atoms with Crippen molar-refractivity contribution in [2.45, 2.75) is 56.2 Å². The van der Waals surface area contributed by atoms with Crippen LogP contribution in [-0.2, 0) is 11.3 Å². The monoisotopic (exact) mass is 403 g/mol. The number of allylic oxidation sites excluding steroid dienone is 1. The van der Waals surface area contributed by atoms with Gasteiger partial charge in [-0.3, -0.25) is 0 Å². The Bertz CT molecular complexity index is 487. The molecular weight excluding hydrogens is 381 g/mol. The Morgan fingerprint density at radius 3 is 3.15 bits per heavy atom. The zero-order chi connectivity index (χ0) is 14.2. The van der Waals surface area contributed by atoms with Crippen LogP contribution in [0.15, 0.2) is 22.5 Å². The van der Waals surface area contributed by atoms with Gasteiger partial charge in [-0.05, 0) is 37.0 Å². The predicted octanol–water partition coefficient (Wildman–Crippen LogP) is 4.99. The van der Waals surface area contributed by atoms with Gasteiger partial charge in [0, 0.05) is 9.30 Å². The zero-order valence-corrected chi connectivity index (χ0v) is 15.1. The van der Waals surface area contributed by atoms with Gasteiger partial charge in [0.1, 0.15) is 0 Å². The Hall–Kier alpha value is 0.0600. The molecule has 0 aromatic carbocycles. The van der Waals surface area contributed by atoms with Crippen molar-refractivity contribution >= 4 is 33.9 Å². The summed E-state index contributed by atoms with van der Waals surface area (Å²) in [7, 11) is 0. The smallest absolute Gasteiger partial charge is 0.0900 e. The van der Waals surface area contributed by atoms with E-state index in [9.17, 15) is 0 Å². The number of hydrogen-bond donors (Lipinski definition) is 0. The minimum absolute atomic E-state index is 0.383. The van der Waals surface area contributed by atoms with Crippen LogP contribution in [0.3, 0.4) is 0 Å². The van der Waals surface area contributed by atoms with Crippen LogP contribution in [0.25, 0.3) is 0 Å². The molecule has 4 atom stereocenters. The molecule has 2 unspecified atom stereocenters. The highest BCUT2D eigenvalue weighted by atomic mass is 127. The van der Waals surface area contributed by atoms with Gasteiger partial charge in [-0.1, -0.05) is 48.1 Å². The molecule has 1 saturated carbocycles. The number of alkyl halides is 1. The normalized spacial score (nSPS) is 37.4. The maximum Gasteiger partial charge on any atom is 0.0900 e. The van der Waals surface area contributed by atoms with Gasteiger partial charge in [-0.25, -0.2) is 4.98 Å². The van der Waals surface area contributed by atoms with Gasteiger partial charge < -0.3 is 4.74 Å². The minimum atomic E-state index is 0.383. The summed E-state index contributed by atoms with van der Waals surface area (Å²) in [5.74, 6) is 0.780. The Morgan fingerprint density at radius 2 is 2.40 bits per heavy atom. The van der Waals surface area contributed by atoms with Gasteiger partial charge in [-0.2, -0.15) is 0 Å². The Balaban J connectivity index is 1.63. The molecule has 0 amide bonds. The first-order chi connectivity index (χ1) is 9.59. The number of rotatable bonds is 3. The molecule has 0 spiro atoms. The van der Waals surface area contributed by atoms with Crippen LogP contribution in [-0.4, -0.2) is 15.0 Å². The van der Waals surface area contributed by atoms with Gasteiger partial charge in [0.15, 0.2) is 0 Å².